The summed E-state index contributed by atoms with van der Waals surface area (Å²) < 4.78 is 2.68. The minimum Gasteiger partial charge on any atom is -0.383 e. The molecule has 2 heterocycles. The van der Waals surface area contributed by atoms with E-state index in [0.29, 0.717) is 23.6 Å². The lowest BCUT2D eigenvalue weighted by Crippen LogP contribution is -2.24. The van der Waals surface area contributed by atoms with Crippen LogP contribution in [0.1, 0.15) is 30.8 Å². The largest absolute Gasteiger partial charge is 0.383 e. The molecule has 0 atom stereocenters. The smallest absolute Gasteiger partial charge is 0.271 e. The second-order valence-electron chi connectivity index (χ2n) is 6.57. The first-order valence-corrected chi connectivity index (χ1v) is 10.7. The Bertz CT molecular complexity index is 935. The van der Waals surface area contributed by atoms with Crippen molar-refractivity contribution in [2.75, 3.05) is 12.3 Å². The molecular formula is C19H24N6OS2. The van der Waals surface area contributed by atoms with Crippen LogP contribution in [0.5, 0.6) is 0 Å². The average molecular weight is 417 g/mol. The minimum atomic E-state index is -0.623. The van der Waals surface area contributed by atoms with Gasteiger partial charge in [0, 0.05) is 23.5 Å². The van der Waals surface area contributed by atoms with E-state index in [1.54, 1.807) is 0 Å². The van der Waals surface area contributed by atoms with E-state index in [-0.39, 0.29) is 5.69 Å². The van der Waals surface area contributed by atoms with Gasteiger partial charge in [0.15, 0.2) is 15.2 Å². The molecule has 0 aliphatic rings. The van der Waals surface area contributed by atoms with Gasteiger partial charge in [-0.15, -0.1) is 11.3 Å². The topological polar surface area (TPSA) is 112 Å². The van der Waals surface area contributed by atoms with Gasteiger partial charge in [0.2, 0.25) is 0 Å². The van der Waals surface area contributed by atoms with Gasteiger partial charge in [0.05, 0.1) is 5.69 Å². The Hall–Kier alpha value is -2.36. The number of carbonyl (C=O) groups is 1. The number of imidazole rings is 1. The SMILES string of the molecule is CC(C)NCCCn1c(Sc2nc(-c3ccccc3)cs2)nc(C(N)=O)c1N. The van der Waals surface area contributed by atoms with Crippen LogP contribution in [0.4, 0.5) is 5.82 Å². The van der Waals surface area contributed by atoms with Crippen LogP contribution in [0.15, 0.2) is 45.2 Å². The average Bonchev–Trinajstić information content (AvgIpc) is 3.25. The van der Waals surface area contributed by atoms with Gasteiger partial charge in [-0.3, -0.25) is 4.79 Å². The molecule has 0 fully saturated rings. The summed E-state index contributed by atoms with van der Waals surface area (Å²) in [6.07, 6.45) is 0.859. The third-order valence-electron chi connectivity index (χ3n) is 4.05. The maximum absolute atomic E-state index is 11.7. The first-order valence-electron chi connectivity index (χ1n) is 9.03. The number of nitrogens with two attached hydrogens (primary N) is 2. The summed E-state index contributed by atoms with van der Waals surface area (Å²) in [4.78, 5) is 20.7. The van der Waals surface area contributed by atoms with E-state index in [1.807, 2.05) is 40.3 Å². The standard InChI is InChI=1S/C19H24N6OS2/c1-12(2)22-9-6-10-25-16(20)15(17(21)26)24-18(25)28-19-23-14(11-27-19)13-7-4-3-5-8-13/h3-5,7-8,11-12,22H,6,9-10,20H2,1-2H3,(H2,21,26). The molecule has 0 aliphatic carbocycles. The summed E-state index contributed by atoms with van der Waals surface area (Å²) in [6, 6.07) is 10.4. The van der Waals surface area contributed by atoms with E-state index in [9.17, 15) is 4.79 Å². The summed E-state index contributed by atoms with van der Waals surface area (Å²) in [7, 11) is 0. The Labute approximate surface area is 172 Å². The van der Waals surface area contributed by atoms with Crippen molar-refractivity contribution in [1.82, 2.24) is 19.9 Å². The van der Waals surface area contributed by atoms with Crippen molar-refractivity contribution in [3.05, 3.63) is 41.4 Å². The number of benzene rings is 1. The number of hydrogen-bond acceptors (Lipinski definition) is 7. The molecule has 0 radical (unpaired) electrons. The van der Waals surface area contributed by atoms with Gasteiger partial charge in [0.1, 0.15) is 5.82 Å². The number of primary amides is 1. The normalized spacial score (nSPS) is 11.2. The summed E-state index contributed by atoms with van der Waals surface area (Å²) in [5, 5.41) is 6.01. The molecule has 0 aliphatic heterocycles. The van der Waals surface area contributed by atoms with Gasteiger partial charge >= 0.3 is 0 Å². The number of aromatic nitrogens is 3. The van der Waals surface area contributed by atoms with Crippen LogP contribution in [-0.4, -0.2) is 33.0 Å². The molecule has 0 spiro atoms. The zero-order valence-electron chi connectivity index (χ0n) is 15.9. The zero-order chi connectivity index (χ0) is 20.1. The van der Waals surface area contributed by atoms with Gasteiger partial charge in [-0.05, 0) is 24.7 Å². The predicted octanol–water partition coefficient (Wildman–Crippen LogP) is 3.23. The third kappa shape index (κ3) is 4.92. The fraction of sp³-hybridized carbons (Fsp3) is 0.316. The number of rotatable bonds is 9. The Morgan fingerprint density at radius 1 is 1.29 bits per heavy atom. The van der Waals surface area contributed by atoms with Crippen LogP contribution < -0.4 is 16.8 Å². The highest BCUT2D eigenvalue weighted by atomic mass is 32.2. The Morgan fingerprint density at radius 3 is 2.71 bits per heavy atom. The molecule has 0 saturated heterocycles. The van der Waals surface area contributed by atoms with Crippen LogP contribution in [0.2, 0.25) is 0 Å². The second-order valence-corrected chi connectivity index (χ2v) is 8.65. The Kier molecular flexibility index (Phi) is 6.71. The van der Waals surface area contributed by atoms with Crippen molar-refractivity contribution in [2.24, 2.45) is 5.73 Å². The molecule has 0 bridgehead atoms. The van der Waals surface area contributed by atoms with Crippen molar-refractivity contribution in [2.45, 2.75) is 42.4 Å². The lowest BCUT2D eigenvalue weighted by Gasteiger charge is -2.11. The lowest BCUT2D eigenvalue weighted by atomic mass is 10.2. The number of nitrogen functional groups attached to an aromatic ring is 1. The molecule has 3 rings (SSSR count). The van der Waals surface area contributed by atoms with Gasteiger partial charge in [-0.1, -0.05) is 44.2 Å². The van der Waals surface area contributed by atoms with Crippen LogP contribution in [0, 0.1) is 0 Å². The van der Waals surface area contributed by atoms with E-state index in [4.69, 9.17) is 11.5 Å². The van der Waals surface area contributed by atoms with Crippen LogP contribution in [0.25, 0.3) is 11.3 Å². The monoisotopic (exact) mass is 416 g/mol. The predicted molar refractivity (Wildman–Crippen MR) is 115 cm³/mol. The first-order chi connectivity index (χ1) is 13.5. The highest BCUT2D eigenvalue weighted by molar-refractivity contribution is 8.00. The van der Waals surface area contributed by atoms with E-state index >= 15 is 0 Å². The number of nitrogens with zero attached hydrogens (tertiary/aromatic N) is 3. The summed E-state index contributed by atoms with van der Waals surface area (Å²) in [5.41, 5.74) is 13.7. The number of anilines is 1. The van der Waals surface area contributed by atoms with Gasteiger partial charge in [0.25, 0.3) is 5.91 Å². The van der Waals surface area contributed by atoms with E-state index in [0.717, 1.165) is 28.6 Å². The molecule has 0 saturated carbocycles. The molecule has 7 nitrogen and oxygen atoms in total. The Morgan fingerprint density at radius 2 is 2.04 bits per heavy atom. The minimum absolute atomic E-state index is 0.110. The van der Waals surface area contributed by atoms with E-state index < -0.39 is 5.91 Å². The van der Waals surface area contributed by atoms with Crippen LogP contribution in [0.3, 0.4) is 0 Å². The van der Waals surface area contributed by atoms with Crippen molar-refractivity contribution >= 4 is 34.8 Å². The quantitative estimate of drug-likeness (QED) is 0.462. The third-order valence-corrected chi connectivity index (χ3v) is 5.98. The number of carbonyl (C=O) groups excluding carboxylic acids is 1. The maximum Gasteiger partial charge on any atom is 0.271 e. The number of thiazole rings is 1. The first kappa shape index (κ1) is 20.4. The maximum atomic E-state index is 11.7. The molecule has 28 heavy (non-hydrogen) atoms. The van der Waals surface area contributed by atoms with Crippen molar-refractivity contribution < 1.29 is 4.79 Å². The summed E-state index contributed by atoms with van der Waals surface area (Å²) >= 11 is 2.93. The molecular weight excluding hydrogens is 392 g/mol. The van der Waals surface area contributed by atoms with Gasteiger partial charge in [-0.2, -0.15) is 0 Å². The summed E-state index contributed by atoms with van der Waals surface area (Å²) in [6.45, 7) is 5.70. The van der Waals surface area contributed by atoms with E-state index in [1.165, 1.54) is 23.1 Å². The number of amides is 1. The number of hydrogen-bond donors (Lipinski definition) is 3. The summed E-state index contributed by atoms with van der Waals surface area (Å²) in [5.74, 6) is -0.318. The van der Waals surface area contributed by atoms with E-state index in [2.05, 4.69) is 29.1 Å². The number of nitrogens with one attached hydrogen (secondary N) is 1. The van der Waals surface area contributed by atoms with Crippen LogP contribution in [-0.2, 0) is 6.54 Å². The van der Waals surface area contributed by atoms with Crippen LogP contribution >= 0.6 is 23.1 Å². The Balaban J connectivity index is 1.79. The zero-order valence-corrected chi connectivity index (χ0v) is 17.5. The molecule has 2 aromatic heterocycles. The lowest BCUT2D eigenvalue weighted by molar-refractivity contribution is 0.0996. The van der Waals surface area contributed by atoms with Gasteiger partial charge in [-0.25, -0.2) is 9.97 Å². The second kappa shape index (κ2) is 9.22. The highest BCUT2D eigenvalue weighted by Crippen LogP contribution is 2.34. The molecule has 1 amide bonds. The molecule has 5 N–H and O–H groups in total. The molecule has 148 valence electrons. The van der Waals surface area contributed by atoms with Crippen molar-refractivity contribution in [3.63, 3.8) is 0 Å². The van der Waals surface area contributed by atoms with Crippen molar-refractivity contribution in [1.29, 1.82) is 0 Å². The fourth-order valence-electron chi connectivity index (χ4n) is 2.67. The highest BCUT2D eigenvalue weighted by Gasteiger charge is 2.20. The fourth-order valence-corrected chi connectivity index (χ4v) is 4.52. The molecule has 3 aromatic rings. The molecule has 9 heteroatoms. The van der Waals surface area contributed by atoms with Gasteiger partial charge < -0.3 is 21.4 Å². The van der Waals surface area contributed by atoms with Crippen molar-refractivity contribution in [3.8, 4) is 11.3 Å². The molecule has 1 aromatic carbocycles. The molecule has 0 unspecified atom stereocenters.